The van der Waals surface area contributed by atoms with Gasteiger partial charge in [0.2, 0.25) is 0 Å². The lowest BCUT2D eigenvalue weighted by Gasteiger charge is -2.28. The van der Waals surface area contributed by atoms with E-state index in [1.54, 1.807) is 13.0 Å². The third-order valence-corrected chi connectivity index (χ3v) is 3.54. The molecule has 0 radical (unpaired) electrons. The van der Waals surface area contributed by atoms with Crippen molar-refractivity contribution >= 4 is 11.7 Å². The first kappa shape index (κ1) is 13.8. The molecule has 0 heterocycles. The highest BCUT2D eigenvalue weighted by Gasteiger charge is 2.34. The molecule has 3 N–H and O–H groups in total. The molecule has 1 aromatic carbocycles. The molecule has 2 rings (SSSR count). The SMILES string of the molecule is Cc1cc(F)cc(NC(=O)NC2(CO)CCCC2)c1. The number of hydrogen-bond acceptors (Lipinski definition) is 2. The van der Waals surface area contributed by atoms with Crippen molar-refractivity contribution in [3.8, 4) is 0 Å². The second-order valence-corrected chi connectivity index (χ2v) is 5.24. The molecule has 1 fully saturated rings. The predicted molar refractivity (Wildman–Crippen MR) is 71.6 cm³/mol. The van der Waals surface area contributed by atoms with Crippen LogP contribution >= 0.6 is 0 Å². The van der Waals surface area contributed by atoms with E-state index < -0.39 is 11.6 Å². The van der Waals surface area contributed by atoms with E-state index in [1.807, 2.05) is 0 Å². The molecule has 1 aliphatic carbocycles. The van der Waals surface area contributed by atoms with Crippen LogP contribution in [0.4, 0.5) is 14.9 Å². The van der Waals surface area contributed by atoms with Crippen molar-refractivity contribution in [3.63, 3.8) is 0 Å². The van der Waals surface area contributed by atoms with Crippen molar-refractivity contribution in [1.82, 2.24) is 5.32 Å². The third-order valence-electron chi connectivity index (χ3n) is 3.54. The van der Waals surface area contributed by atoms with E-state index in [4.69, 9.17) is 0 Å². The molecule has 0 spiro atoms. The highest BCUT2D eigenvalue weighted by Crippen LogP contribution is 2.29. The molecule has 104 valence electrons. The minimum atomic E-state index is -0.521. The fourth-order valence-electron chi connectivity index (χ4n) is 2.59. The Hall–Kier alpha value is -1.62. The topological polar surface area (TPSA) is 61.4 Å². The van der Waals surface area contributed by atoms with Gasteiger partial charge in [-0.25, -0.2) is 9.18 Å². The van der Waals surface area contributed by atoms with Gasteiger partial charge in [-0.3, -0.25) is 0 Å². The first-order chi connectivity index (χ1) is 9.03. The van der Waals surface area contributed by atoms with Crippen molar-refractivity contribution in [1.29, 1.82) is 0 Å². The summed E-state index contributed by atoms with van der Waals surface area (Å²) in [6.45, 7) is 1.70. The monoisotopic (exact) mass is 266 g/mol. The Balaban J connectivity index is 2.00. The molecule has 0 bridgehead atoms. The highest BCUT2D eigenvalue weighted by molar-refractivity contribution is 5.89. The summed E-state index contributed by atoms with van der Waals surface area (Å²) in [6, 6.07) is 3.96. The summed E-state index contributed by atoms with van der Waals surface area (Å²) in [5.74, 6) is -0.381. The van der Waals surface area contributed by atoms with Crippen molar-refractivity contribution < 1.29 is 14.3 Å². The maximum Gasteiger partial charge on any atom is 0.319 e. The molecule has 19 heavy (non-hydrogen) atoms. The summed E-state index contributed by atoms with van der Waals surface area (Å²) >= 11 is 0. The molecule has 0 aliphatic heterocycles. The standard InChI is InChI=1S/C14H19FN2O2/c1-10-6-11(15)8-12(7-10)16-13(19)17-14(9-18)4-2-3-5-14/h6-8,18H,2-5,9H2,1H3,(H2,16,17,19). The summed E-state index contributed by atoms with van der Waals surface area (Å²) in [7, 11) is 0. The van der Waals surface area contributed by atoms with E-state index in [0.717, 1.165) is 31.2 Å². The van der Waals surface area contributed by atoms with Crippen LogP contribution in [0.3, 0.4) is 0 Å². The molecule has 5 heteroatoms. The Morgan fingerprint density at radius 3 is 2.63 bits per heavy atom. The van der Waals surface area contributed by atoms with Gasteiger partial charge in [-0.05, 0) is 43.5 Å². The number of benzene rings is 1. The van der Waals surface area contributed by atoms with Crippen LogP contribution in [-0.4, -0.2) is 23.3 Å². The minimum Gasteiger partial charge on any atom is -0.394 e. The quantitative estimate of drug-likeness (QED) is 0.787. The van der Waals surface area contributed by atoms with Crippen molar-refractivity contribution in [2.24, 2.45) is 0 Å². The normalized spacial score (nSPS) is 17.2. The van der Waals surface area contributed by atoms with Crippen molar-refractivity contribution in [2.75, 3.05) is 11.9 Å². The van der Waals surface area contributed by atoms with Crippen LogP contribution in [0.1, 0.15) is 31.2 Å². The van der Waals surface area contributed by atoms with E-state index in [0.29, 0.717) is 5.69 Å². The first-order valence-corrected chi connectivity index (χ1v) is 6.50. The van der Waals surface area contributed by atoms with Crippen LogP contribution < -0.4 is 10.6 Å². The lowest BCUT2D eigenvalue weighted by Crippen LogP contribution is -2.50. The predicted octanol–water partition coefficient (Wildman–Crippen LogP) is 2.56. The third kappa shape index (κ3) is 3.44. The molecular weight excluding hydrogens is 247 g/mol. The number of nitrogens with one attached hydrogen (secondary N) is 2. The number of aliphatic hydroxyl groups is 1. The lowest BCUT2D eigenvalue weighted by atomic mass is 9.99. The molecule has 0 aromatic heterocycles. The number of hydrogen-bond donors (Lipinski definition) is 3. The summed E-state index contributed by atoms with van der Waals surface area (Å²) in [4.78, 5) is 11.9. The van der Waals surface area contributed by atoms with Gasteiger partial charge in [0.25, 0.3) is 0 Å². The van der Waals surface area contributed by atoms with Crippen molar-refractivity contribution in [3.05, 3.63) is 29.6 Å². The molecule has 4 nitrogen and oxygen atoms in total. The average Bonchev–Trinajstić information content (AvgIpc) is 2.76. The molecule has 1 aliphatic rings. The number of aryl methyl sites for hydroxylation is 1. The van der Waals surface area contributed by atoms with E-state index in [2.05, 4.69) is 10.6 Å². The fourth-order valence-corrected chi connectivity index (χ4v) is 2.59. The minimum absolute atomic E-state index is 0.0669. The van der Waals surface area contributed by atoms with Crippen molar-refractivity contribution in [2.45, 2.75) is 38.1 Å². The van der Waals surface area contributed by atoms with E-state index in [1.165, 1.54) is 12.1 Å². The Morgan fingerprint density at radius 2 is 2.05 bits per heavy atom. The van der Waals surface area contributed by atoms with Gasteiger partial charge in [0, 0.05) is 5.69 Å². The van der Waals surface area contributed by atoms with Crippen LogP contribution in [0.2, 0.25) is 0 Å². The summed E-state index contributed by atoms with van der Waals surface area (Å²) < 4.78 is 13.2. The second-order valence-electron chi connectivity index (χ2n) is 5.24. The number of anilines is 1. The number of amides is 2. The zero-order valence-electron chi connectivity index (χ0n) is 11.0. The van der Waals surface area contributed by atoms with Gasteiger partial charge in [-0.1, -0.05) is 12.8 Å². The molecule has 1 saturated carbocycles. The number of aliphatic hydroxyl groups excluding tert-OH is 1. The fraction of sp³-hybridized carbons (Fsp3) is 0.500. The average molecular weight is 266 g/mol. The maximum atomic E-state index is 13.2. The van der Waals surface area contributed by atoms with Gasteiger partial charge in [0.15, 0.2) is 0 Å². The van der Waals surface area contributed by atoms with Gasteiger partial charge in [0.1, 0.15) is 5.82 Å². The molecular formula is C14H19FN2O2. The first-order valence-electron chi connectivity index (χ1n) is 6.50. The van der Waals surface area contributed by atoms with E-state index in [-0.39, 0.29) is 12.4 Å². The zero-order valence-corrected chi connectivity index (χ0v) is 11.0. The van der Waals surface area contributed by atoms with Gasteiger partial charge < -0.3 is 15.7 Å². The molecule has 0 saturated heterocycles. The van der Waals surface area contributed by atoms with Gasteiger partial charge in [0.05, 0.1) is 12.1 Å². The number of urea groups is 1. The lowest BCUT2D eigenvalue weighted by molar-refractivity contribution is 0.167. The Bertz CT molecular complexity index is 450. The van der Waals surface area contributed by atoms with Gasteiger partial charge in [-0.2, -0.15) is 0 Å². The largest absolute Gasteiger partial charge is 0.394 e. The van der Waals surface area contributed by atoms with Gasteiger partial charge in [-0.15, -0.1) is 0 Å². The molecule has 0 unspecified atom stereocenters. The summed E-state index contributed by atoms with van der Waals surface area (Å²) in [5.41, 5.74) is 0.640. The smallest absolute Gasteiger partial charge is 0.319 e. The highest BCUT2D eigenvalue weighted by atomic mass is 19.1. The Labute approximate surface area is 112 Å². The number of halogens is 1. The van der Waals surface area contributed by atoms with Gasteiger partial charge >= 0.3 is 6.03 Å². The second kappa shape index (κ2) is 5.57. The summed E-state index contributed by atoms with van der Waals surface area (Å²) in [5, 5.41) is 14.8. The summed E-state index contributed by atoms with van der Waals surface area (Å²) in [6.07, 6.45) is 3.55. The van der Waals surface area contributed by atoms with Crippen LogP contribution in [0.25, 0.3) is 0 Å². The molecule has 0 atom stereocenters. The van der Waals surface area contributed by atoms with E-state index in [9.17, 15) is 14.3 Å². The number of rotatable bonds is 3. The number of carbonyl (C=O) groups is 1. The van der Waals surface area contributed by atoms with E-state index >= 15 is 0 Å². The Kier molecular flexibility index (Phi) is 4.04. The van der Waals surface area contributed by atoms with Crippen LogP contribution in [0, 0.1) is 12.7 Å². The molecule has 1 aromatic rings. The van der Waals surface area contributed by atoms with Crippen LogP contribution in [0.5, 0.6) is 0 Å². The maximum absolute atomic E-state index is 13.2. The molecule has 2 amide bonds. The number of carbonyl (C=O) groups excluding carboxylic acids is 1. The Morgan fingerprint density at radius 1 is 1.37 bits per heavy atom. The van der Waals surface area contributed by atoms with Crippen LogP contribution in [0.15, 0.2) is 18.2 Å². The zero-order chi connectivity index (χ0) is 13.9. The van der Waals surface area contributed by atoms with Crippen LogP contribution in [-0.2, 0) is 0 Å².